The molecule has 2 nitrogen and oxygen atoms in total. The molecule has 1 fully saturated rings. The SMILES string of the molecule is CC.CCBr.CCC.CCc1ccc(OC2CCCN(CC)C2)cc1. The zero-order valence-corrected chi connectivity index (χ0v) is 19.4. The van der Waals surface area contributed by atoms with Gasteiger partial charge >= 0.3 is 0 Å². The third-order valence-corrected chi connectivity index (χ3v) is 3.54. The molecule has 2 rings (SSSR count). The molecule has 0 radical (unpaired) electrons. The molecule has 1 aromatic carbocycles. The third kappa shape index (κ3) is 14.3. The van der Waals surface area contributed by atoms with E-state index in [9.17, 15) is 0 Å². The van der Waals surface area contributed by atoms with Crippen LogP contribution >= 0.6 is 15.9 Å². The van der Waals surface area contributed by atoms with Crippen LogP contribution in [0.25, 0.3) is 0 Å². The number of alkyl halides is 1. The molecule has 0 N–H and O–H groups in total. The highest BCUT2D eigenvalue weighted by molar-refractivity contribution is 9.09. The number of hydrogen-bond donors (Lipinski definition) is 0. The van der Waals surface area contributed by atoms with E-state index in [1.54, 1.807) is 0 Å². The van der Waals surface area contributed by atoms with Gasteiger partial charge in [0.25, 0.3) is 0 Å². The van der Waals surface area contributed by atoms with Crippen molar-refractivity contribution in [3.8, 4) is 5.75 Å². The van der Waals surface area contributed by atoms with Crippen LogP contribution in [0.2, 0.25) is 0 Å². The Morgan fingerprint density at radius 1 is 1.04 bits per heavy atom. The second-order valence-corrected chi connectivity index (χ2v) is 6.87. The van der Waals surface area contributed by atoms with Crippen LogP contribution in [0.4, 0.5) is 0 Å². The molecule has 0 aliphatic carbocycles. The van der Waals surface area contributed by atoms with Crippen LogP contribution in [-0.2, 0) is 6.42 Å². The van der Waals surface area contributed by atoms with Crippen LogP contribution in [0.3, 0.4) is 0 Å². The van der Waals surface area contributed by atoms with E-state index in [2.05, 4.69) is 72.8 Å². The number of likely N-dealkylation sites (tertiary alicyclic amines) is 1. The number of ether oxygens (including phenoxy) is 1. The molecule has 1 heterocycles. The van der Waals surface area contributed by atoms with E-state index in [0.29, 0.717) is 6.10 Å². The summed E-state index contributed by atoms with van der Waals surface area (Å²) in [5, 5.41) is 1.06. The van der Waals surface area contributed by atoms with Gasteiger partial charge in [-0.3, -0.25) is 4.90 Å². The minimum Gasteiger partial charge on any atom is -0.489 e. The lowest BCUT2D eigenvalue weighted by molar-refractivity contribution is 0.0919. The summed E-state index contributed by atoms with van der Waals surface area (Å²) in [6.45, 7) is 18.1. The number of piperidine rings is 1. The molecule has 0 saturated carbocycles. The molecule has 1 unspecified atom stereocenters. The number of benzene rings is 1. The summed E-state index contributed by atoms with van der Waals surface area (Å²) in [7, 11) is 0. The van der Waals surface area contributed by atoms with Gasteiger partial charge in [0.1, 0.15) is 11.9 Å². The molecule has 148 valence electrons. The maximum Gasteiger partial charge on any atom is 0.119 e. The summed E-state index contributed by atoms with van der Waals surface area (Å²) < 4.78 is 6.05. The van der Waals surface area contributed by atoms with Crippen LogP contribution in [0.5, 0.6) is 5.75 Å². The van der Waals surface area contributed by atoms with E-state index in [1.165, 1.54) is 31.4 Å². The van der Waals surface area contributed by atoms with Gasteiger partial charge in [-0.2, -0.15) is 0 Å². The van der Waals surface area contributed by atoms with Crippen molar-refractivity contribution in [1.29, 1.82) is 0 Å². The van der Waals surface area contributed by atoms with E-state index in [4.69, 9.17) is 4.74 Å². The zero-order valence-electron chi connectivity index (χ0n) is 17.8. The van der Waals surface area contributed by atoms with Gasteiger partial charge in [-0.05, 0) is 50.0 Å². The first-order chi connectivity index (χ1) is 12.1. The van der Waals surface area contributed by atoms with Gasteiger partial charge in [0.05, 0.1) is 0 Å². The standard InChI is InChI=1S/C15H23NO.C3H8.C2H5Br.C2H6/c1-3-13-7-9-14(10-8-13)17-15-6-5-11-16(4-2)12-15;1-3-2;1-2-3;1-2/h7-10,15H,3-6,11-12H2,1-2H3;3H2,1-2H3;2H2,1H3;1-2H3. The molecule has 25 heavy (non-hydrogen) atoms. The van der Waals surface area contributed by atoms with Crippen molar-refractivity contribution in [2.45, 2.75) is 80.3 Å². The molecule has 1 atom stereocenters. The fourth-order valence-electron chi connectivity index (χ4n) is 2.39. The van der Waals surface area contributed by atoms with E-state index in [0.717, 1.165) is 30.6 Å². The second kappa shape index (κ2) is 19.8. The van der Waals surface area contributed by atoms with Crippen LogP contribution < -0.4 is 4.74 Å². The number of halogens is 1. The van der Waals surface area contributed by atoms with Crippen LogP contribution in [0, 0.1) is 0 Å². The van der Waals surface area contributed by atoms with Crippen molar-refractivity contribution < 1.29 is 4.74 Å². The smallest absolute Gasteiger partial charge is 0.119 e. The number of aryl methyl sites for hydroxylation is 1. The molecule has 0 bridgehead atoms. The predicted octanol–water partition coefficient (Wildman–Crippen LogP) is 6.96. The Hall–Kier alpha value is -0.540. The first kappa shape index (κ1) is 26.7. The van der Waals surface area contributed by atoms with Gasteiger partial charge in [0.2, 0.25) is 0 Å². The Balaban J connectivity index is 0. The lowest BCUT2D eigenvalue weighted by Gasteiger charge is -2.32. The Bertz CT molecular complexity index is 365. The predicted molar refractivity (Wildman–Crippen MR) is 118 cm³/mol. The monoisotopic (exact) mass is 415 g/mol. The molecule has 1 aliphatic rings. The average molecular weight is 416 g/mol. The van der Waals surface area contributed by atoms with E-state index in [-0.39, 0.29) is 0 Å². The van der Waals surface area contributed by atoms with Gasteiger partial charge in [0, 0.05) is 11.9 Å². The van der Waals surface area contributed by atoms with Crippen molar-refractivity contribution in [1.82, 2.24) is 4.90 Å². The Kier molecular flexibility index (Phi) is 21.1. The highest BCUT2D eigenvalue weighted by Crippen LogP contribution is 2.19. The Morgan fingerprint density at radius 2 is 1.56 bits per heavy atom. The number of likely N-dealkylation sites (N-methyl/N-ethyl adjacent to an activating group) is 1. The summed E-state index contributed by atoms with van der Waals surface area (Å²) in [4.78, 5) is 2.47. The van der Waals surface area contributed by atoms with Gasteiger partial charge in [-0.25, -0.2) is 0 Å². The lowest BCUT2D eigenvalue weighted by Crippen LogP contribution is -2.40. The summed E-state index contributed by atoms with van der Waals surface area (Å²) >= 11 is 3.15. The van der Waals surface area contributed by atoms with Crippen LogP contribution in [0.1, 0.15) is 73.3 Å². The van der Waals surface area contributed by atoms with Crippen molar-refractivity contribution >= 4 is 15.9 Å². The molecular weight excluding hydrogens is 374 g/mol. The minimum atomic E-state index is 0.371. The first-order valence-electron chi connectivity index (χ1n) is 10.2. The van der Waals surface area contributed by atoms with E-state index in [1.807, 2.05) is 20.8 Å². The van der Waals surface area contributed by atoms with E-state index < -0.39 is 0 Å². The molecule has 3 heteroatoms. The summed E-state index contributed by atoms with van der Waals surface area (Å²) in [5.41, 5.74) is 1.37. The van der Waals surface area contributed by atoms with E-state index >= 15 is 0 Å². The topological polar surface area (TPSA) is 12.5 Å². The molecule has 1 saturated heterocycles. The minimum absolute atomic E-state index is 0.371. The van der Waals surface area contributed by atoms with Gasteiger partial charge in [0.15, 0.2) is 0 Å². The van der Waals surface area contributed by atoms with Crippen molar-refractivity contribution in [2.75, 3.05) is 25.0 Å². The quantitative estimate of drug-likeness (QED) is 0.492. The van der Waals surface area contributed by atoms with Crippen LogP contribution in [0.15, 0.2) is 24.3 Å². The van der Waals surface area contributed by atoms with Crippen molar-refractivity contribution in [3.05, 3.63) is 29.8 Å². The Morgan fingerprint density at radius 3 is 2.00 bits per heavy atom. The van der Waals surface area contributed by atoms with Crippen molar-refractivity contribution in [2.24, 2.45) is 0 Å². The normalized spacial score (nSPS) is 16.2. The summed E-state index contributed by atoms with van der Waals surface area (Å²) in [6, 6.07) is 8.53. The fourth-order valence-corrected chi connectivity index (χ4v) is 2.39. The molecular formula is C22H42BrNO. The second-order valence-electron chi connectivity index (χ2n) is 5.75. The van der Waals surface area contributed by atoms with Crippen molar-refractivity contribution in [3.63, 3.8) is 0 Å². The maximum absolute atomic E-state index is 6.05. The fraction of sp³-hybridized carbons (Fsp3) is 0.727. The van der Waals surface area contributed by atoms with Gasteiger partial charge in [-0.15, -0.1) is 0 Å². The molecule has 1 aromatic rings. The molecule has 1 aliphatic heterocycles. The highest BCUT2D eigenvalue weighted by atomic mass is 79.9. The maximum atomic E-state index is 6.05. The lowest BCUT2D eigenvalue weighted by atomic mass is 10.1. The molecule has 0 amide bonds. The highest BCUT2D eigenvalue weighted by Gasteiger charge is 2.19. The average Bonchev–Trinajstić information content (AvgIpc) is 2.65. The first-order valence-corrected chi connectivity index (χ1v) is 11.3. The number of nitrogens with zero attached hydrogens (tertiary/aromatic N) is 1. The molecule has 0 aromatic heterocycles. The van der Waals surface area contributed by atoms with Crippen LogP contribution in [-0.4, -0.2) is 36.0 Å². The zero-order chi connectivity index (χ0) is 19.5. The number of hydrogen-bond acceptors (Lipinski definition) is 2. The Labute approximate surface area is 166 Å². The van der Waals surface area contributed by atoms with Gasteiger partial charge in [-0.1, -0.05) is 82.9 Å². The number of rotatable bonds is 4. The summed E-state index contributed by atoms with van der Waals surface area (Å²) in [6.07, 6.45) is 5.15. The largest absolute Gasteiger partial charge is 0.489 e. The van der Waals surface area contributed by atoms with Gasteiger partial charge < -0.3 is 4.74 Å². The summed E-state index contributed by atoms with van der Waals surface area (Å²) in [5.74, 6) is 1.02. The third-order valence-electron chi connectivity index (χ3n) is 3.54. The molecule has 0 spiro atoms.